The van der Waals surface area contributed by atoms with Crippen LogP contribution in [0.4, 0.5) is 4.39 Å². The Labute approximate surface area is 96.9 Å². The second kappa shape index (κ2) is 5.65. The van der Waals surface area contributed by atoms with Crippen LogP contribution in [0.5, 0.6) is 0 Å². The Kier molecular flexibility index (Phi) is 4.49. The molecule has 1 nitrogen and oxygen atoms in total. The molecule has 16 heavy (non-hydrogen) atoms. The molecular weight excluding hydrogens is 201 g/mol. The van der Waals surface area contributed by atoms with Crippen molar-refractivity contribution in [3.05, 3.63) is 35.4 Å². The molecular formula is C14H18FN. The van der Waals surface area contributed by atoms with Gasteiger partial charge < -0.3 is 0 Å². The van der Waals surface area contributed by atoms with E-state index in [9.17, 15) is 4.39 Å². The van der Waals surface area contributed by atoms with Gasteiger partial charge in [-0.1, -0.05) is 38.8 Å². The lowest BCUT2D eigenvalue weighted by molar-refractivity contribution is 0.140. The van der Waals surface area contributed by atoms with Crippen LogP contribution in [0.15, 0.2) is 24.3 Å². The minimum Gasteiger partial charge on any atom is -0.239 e. The van der Waals surface area contributed by atoms with Crippen molar-refractivity contribution in [3.8, 4) is 6.07 Å². The van der Waals surface area contributed by atoms with E-state index < -0.39 is 5.67 Å². The first-order valence-electron chi connectivity index (χ1n) is 5.86. The number of nitrogens with zero attached hydrogens (tertiary/aromatic N) is 1. The summed E-state index contributed by atoms with van der Waals surface area (Å²) in [6, 6.07) is 8.88. The van der Waals surface area contributed by atoms with E-state index in [0.717, 1.165) is 12.8 Å². The molecule has 1 aromatic carbocycles. The average molecular weight is 219 g/mol. The zero-order valence-electron chi connectivity index (χ0n) is 9.96. The maximum Gasteiger partial charge on any atom is 0.135 e. The Morgan fingerprint density at radius 3 is 2.31 bits per heavy atom. The standard InChI is InChI=1S/C14H18FN/c1-3-5-10-14(15,4-2)13-8-6-12(11-16)7-9-13/h6-9H,3-5,10H2,1-2H3. The lowest BCUT2D eigenvalue weighted by atomic mass is 9.87. The first kappa shape index (κ1) is 12.7. The number of rotatable bonds is 5. The van der Waals surface area contributed by atoms with Crippen molar-refractivity contribution in [1.29, 1.82) is 5.26 Å². The third-order valence-corrected chi connectivity index (χ3v) is 3.02. The molecule has 1 aromatic rings. The monoisotopic (exact) mass is 219 g/mol. The van der Waals surface area contributed by atoms with Crippen molar-refractivity contribution in [1.82, 2.24) is 0 Å². The molecule has 0 aliphatic carbocycles. The van der Waals surface area contributed by atoms with Crippen LogP contribution in [-0.4, -0.2) is 0 Å². The van der Waals surface area contributed by atoms with Gasteiger partial charge in [-0.2, -0.15) is 5.26 Å². The highest BCUT2D eigenvalue weighted by Gasteiger charge is 2.28. The van der Waals surface area contributed by atoms with E-state index in [0.29, 0.717) is 24.0 Å². The summed E-state index contributed by atoms with van der Waals surface area (Å²) in [5.74, 6) is 0. The molecule has 0 saturated heterocycles. The summed E-state index contributed by atoms with van der Waals surface area (Å²) in [5, 5.41) is 8.69. The highest BCUT2D eigenvalue weighted by atomic mass is 19.1. The molecule has 0 fully saturated rings. The Morgan fingerprint density at radius 2 is 1.88 bits per heavy atom. The lowest BCUT2D eigenvalue weighted by Crippen LogP contribution is -2.18. The third-order valence-electron chi connectivity index (χ3n) is 3.02. The van der Waals surface area contributed by atoms with Crippen LogP contribution in [0.25, 0.3) is 0 Å². The summed E-state index contributed by atoms with van der Waals surface area (Å²) >= 11 is 0. The zero-order valence-corrected chi connectivity index (χ0v) is 9.96. The van der Waals surface area contributed by atoms with Crippen molar-refractivity contribution in [2.75, 3.05) is 0 Å². The number of hydrogen-bond donors (Lipinski definition) is 0. The molecule has 0 aliphatic heterocycles. The molecule has 0 N–H and O–H groups in total. The Balaban J connectivity index is 2.90. The normalized spacial score (nSPS) is 14.1. The fourth-order valence-electron chi connectivity index (χ4n) is 1.83. The van der Waals surface area contributed by atoms with Gasteiger partial charge in [0.2, 0.25) is 0 Å². The van der Waals surface area contributed by atoms with Crippen LogP contribution < -0.4 is 0 Å². The molecule has 0 bridgehead atoms. The van der Waals surface area contributed by atoms with Gasteiger partial charge in [-0.25, -0.2) is 4.39 Å². The molecule has 0 aromatic heterocycles. The summed E-state index contributed by atoms with van der Waals surface area (Å²) in [4.78, 5) is 0. The number of halogens is 1. The van der Waals surface area contributed by atoms with Gasteiger partial charge >= 0.3 is 0 Å². The topological polar surface area (TPSA) is 23.8 Å². The van der Waals surface area contributed by atoms with E-state index >= 15 is 0 Å². The molecule has 0 heterocycles. The second-order valence-electron chi connectivity index (χ2n) is 4.11. The highest BCUT2D eigenvalue weighted by Crippen LogP contribution is 2.35. The van der Waals surface area contributed by atoms with Gasteiger partial charge in [0.05, 0.1) is 11.6 Å². The minimum atomic E-state index is -1.23. The summed E-state index contributed by atoms with van der Waals surface area (Å²) in [7, 11) is 0. The van der Waals surface area contributed by atoms with Gasteiger partial charge in [0.15, 0.2) is 0 Å². The highest BCUT2D eigenvalue weighted by molar-refractivity contribution is 5.34. The number of hydrogen-bond acceptors (Lipinski definition) is 1. The molecule has 1 atom stereocenters. The molecule has 86 valence electrons. The van der Waals surface area contributed by atoms with Crippen molar-refractivity contribution < 1.29 is 4.39 Å². The van der Waals surface area contributed by atoms with Crippen LogP contribution >= 0.6 is 0 Å². The molecule has 2 heteroatoms. The van der Waals surface area contributed by atoms with E-state index in [1.54, 1.807) is 24.3 Å². The van der Waals surface area contributed by atoms with E-state index in [-0.39, 0.29) is 0 Å². The molecule has 0 radical (unpaired) electrons. The van der Waals surface area contributed by atoms with Gasteiger partial charge in [0.1, 0.15) is 5.67 Å². The molecule has 0 aliphatic rings. The fourth-order valence-corrected chi connectivity index (χ4v) is 1.83. The Bertz CT molecular complexity index is 363. The zero-order chi connectivity index (χ0) is 12.0. The Hall–Kier alpha value is -1.36. The SMILES string of the molecule is CCCCC(F)(CC)c1ccc(C#N)cc1. The van der Waals surface area contributed by atoms with Crippen LogP contribution in [-0.2, 0) is 5.67 Å². The average Bonchev–Trinajstić information content (AvgIpc) is 2.36. The summed E-state index contributed by atoms with van der Waals surface area (Å²) < 4.78 is 14.6. The van der Waals surface area contributed by atoms with Crippen LogP contribution in [0.2, 0.25) is 0 Å². The lowest BCUT2D eigenvalue weighted by Gasteiger charge is -2.24. The largest absolute Gasteiger partial charge is 0.239 e. The quantitative estimate of drug-likeness (QED) is 0.723. The number of alkyl halides is 1. The predicted octanol–water partition coefficient (Wildman–Crippen LogP) is 4.32. The van der Waals surface area contributed by atoms with E-state index in [4.69, 9.17) is 5.26 Å². The maximum absolute atomic E-state index is 14.6. The number of nitriles is 1. The molecule has 0 saturated carbocycles. The third kappa shape index (κ3) is 2.82. The summed E-state index contributed by atoms with van der Waals surface area (Å²) in [6.45, 7) is 3.93. The van der Waals surface area contributed by atoms with Gasteiger partial charge in [0, 0.05) is 0 Å². The predicted molar refractivity (Wildman–Crippen MR) is 63.8 cm³/mol. The molecule has 1 rings (SSSR count). The molecule has 0 amide bonds. The van der Waals surface area contributed by atoms with E-state index in [2.05, 4.69) is 6.92 Å². The molecule has 1 unspecified atom stereocenters. The van der Waals surface area contributed by atoms with Crippen molar-refractivity contribution in [2.24, 2.45) is 0 Å². The van der Waals surface area contributed by atoms with E-state index in [1.807, 2.05) is 13.0 Å². The first-order valence-corrected chi connectivity index (χ1v) is 5.86. The van der Waals surface area contributed by atoms with Crippen LogP contribution in [0.3, 0.4) is 0 Å². The molecule has 0 spiro atoms. The first-order chi connectivity index (χ1) is 7.66. The number of benzene rings is 1. The minimum absolute atomic E-state index is 0.485. The second-order valence-corrected chi connectivity index (χ2v) is 4.11. The number of unbranched alkanes of at least 4 members (excludes halogenated alkanes) is 1. The van der Waals surface area contributed by atoms with Crippen molar-refractivity contribution in [3.63, 3.8) is 0 Å². The van der Waals surface area contributed by atoms with Gasteiger partial charge in [-0.3, -0.25) is 0 Å². The van der Waals surface area contributed by atoms with Gasteiger partial charge in [0.25, 0.3) is 0 Å². The fraction of sp³-hybridized carbons (Fsp3) is 0.500. The van der Waals surface area contributed by atoms with Crippen molar-refractivity contribution in [2.45, 2.75) is 45.2 Å². The van der Waals surface area contributed by atoms with Crippen molar-refractivity contribution >= 4 is 0 Å². The summed E-state index contributed by atoms with van der Waals surface area (Å²) in [6.07, 6.45) is 2.94. The smallest absolute Gasteiger partial charge is 0.135 e. The van der Waals surface area contributed by atoms with Gasteiger partial charge in [-0.15, -0.1) is 0 Å². The van der Waals surface area contributed by atoms with Crippen LogP contribution in [0, 0.1) is 11.3 Å². The van der Waals surface area contributed by atoms with Crippen LogP contribution in [0.1, 0.15) is 50.7 Å². The summed E-state index contributed by atoms with van der Waals surface area (Å²) in [5.41, 5.74) is 0.0458. The van der Waals surface area contributed by atoms with Gasteiger partial charge in [-0.05, 0) is 30.5 Å². The Morgan fingerprint density at radius 1 is 1.25 bits per heavy atom. The maximum atomic E-state index is 14.6. The van der Waals surface area contributed by atoms with E-state index in [1.165, 1.54) is 0 Å².